The fourth-order valence-electron chi connectivity index (χ4n) is 1.43. The fourth-order valence-corrected chi connectivity index (χ4v) is 1.43. The number of hydrogen-bond acceptors (Lipinski definition) is 3. The maximum absolute atomic E-state index is 5.70. The van der Waals surface area contributed by atoms with Crippen molar-refractivity contribution in [2.45, 2.75) is 39.3 Å². The van der Waals surface area contributed by atoms with E-state index in [1.54, 1.807) is 0 Å². The lowest BCUT2D eigenvalue weighted by Crippen LogP contribution is -2.19. The van der Waals surface area contributed by atoms with Gasteiger partial charge in [-0.15, -0.1) is 0 Å². The van der Waals surface area contributed by atoms with Crippen LogP contribution in [-0.4, -0.2) is 32.0 Å². The highest BCUT2D eigenvalue weighted by Gasteiger charge is 2.10. The molecule has 16 heavy (non-hydrogen) atoms. The minimum absolute atomic E-state index is 0.219. The van der Waals surface area contributed by atoms with E-state index in [1.807, 2.05) is 27.1 Å². The molecule has 1 unspecified atom stereocenters. The first-order valence-electron chi connectivity index (χ1n) is 5.87. The Bertz CT molecular complexity index is 303. The molecule has 0 aliphatic carbocycles. The number of nitrogens with zero attached hydrogens (tertiary/aromatic N) is 1. The molecular formula is C13H22N2O. The topological polar surface area (TPSA) is 33.6 Å². The van der Waals surface area contributed by atoms with Crippen molar-refractivity contribution in [3.05, 3.63) is 23.5 Å². The Kier molecular flexibility index (Phi) is 5.26. The molecule has 0 fully saturated rings. The van der Waals surface area contributed by atoms with Crippen molar-refractivity contribution in [2.75, 3.05) is 13.6 Å². The summed E-state index contributed by atoms with van der Waals surface area (Å²) in [6.07, 6.45) is 7.39. The van der Waals surface area contributed by atoms with Gasteiger partial charge in [0, 0.05) is 17.8 Å². The second kappa shape index (κ2) is 6.48. The molecule has 1 atom stereocenters. The standard InChI is InChI=1S/C13H22N2O/c1-10(2)16-13-9-15-8-12(13)7-5-6-11(3)14-4/h5,7-8,10-11,14H,6,9H2,1-4H3/b7-5+. The molecule has 1 rings (SSSR count). The van der Waals surface area contributed by atoms with E-state index in [0.29, 0.717) is 12.6 Å². The Hall–Kier alpha value is -1.09. The first-order valence-corrected chi connectivity index (χ1v) is 5.87. The largest absolute Gasteiger partial charge is 0.493 e. The van der Waals surface area contributed by atoms with Gasteiger partial charge in [-0.3, -0.25) is 4.99 Å². The molecule has 1 aliphatic rings. The quantitative estimate of drug-likeness (QED) is 0.748. The third-order valence-electron chi connectivity index (χ3n) is 2.45. The summed E-state index contributed by atoms with van der Waals surface area (Å²) in [4.78, 5) is 4.23. The van der Waals surface area contributed by atoms with Crippen LogP contribution < -0.4 is 5.32 Å². The number of allylic oxidation sites excluding steroid dienone is 2. The maximum Gasteiger partial charge on any atom is 0.126 e. The van der Waals surface area contributed by atoms with Gasteiger partial charge in [0.15, 0.2) is 0 Å². The van der Waals surface area contributed by atoms with Gasteiger partial charge in [0.25, 0.3) is 0 Å². The zero-order valence-electron chi connectivity index (χ0n) is 10.7. The average Bonchev–Trinajstić information content (AvgIpc) is 2.64. The van der Waals surface area contributed by atoms with Gasteiger partial charge in [0.2, 0.25) is 0 Å². The summed E-state index contributed by atoms with van der Waals surface area (Å²) in [6, 6.07) is 0.504. The van der Waals surface area contributed by atoms with Crippen LogP contribution in [0.25, 0.3) is 0 Å². The minimum atomic E-state index is 0.219. The zero-order chi connectivity index (χ0) is 12.0. The highest BCUT2D eigenvalue weighted by Crippen LogP contribution is 2.15. The summed E-state index contributed by atoms with van der Waals surface area (Å²) >= 11 is 0. The molecule has 0 amide bonds. The number of rotatable bonds is 6. The molecule has 0 saturated carbocycles. The lowest BCUT2D eigenvalue weighted by molar-refractivity contribution is 0.146. The van der Waals surface area contributed by atoms with Crippen LogP contribution >= 0.6 is 0 Å². The monoisotopic (exact) mass is 222 g/mol. The van der Waals surface area contributed by atoms with E-state index in [9.17, 15) is 0 Å². The highest BCUT2D eigenvalue weighted by molar-refractivity contribution is 5.85. The second-order valence-electron chi connectivity index (χ2n) is 4.34. The second-order valence-corrected chi connectivity index (χ2v) is 4.34. The van der Waals surface area contributed by atoms with Crippen molar-refractivity contribution in [2.24, 2.45) is 4.99 Å². The molecule has 90 valence electrons. The van der Waals surface area contributed by atoms with Crippen LogP contribution in [0, 0.1) is 0 Å². The first-order chi connectivity index (χ1) is 7.63. The smallest absolute Gasteiger partial charge is 0.126 e. The summed E-state index contributed by atoms with van der Waals surface area (Å²) in [5.74, 6) is 0.989. The third kappa shape index (κ3) is 4.19. The predicted molar refractivity (Wildman–Crippen MR) is 68.9 cm³/mol. The van der Waals surface area contributed by atoms with Crippen LogP contribution in [0.2, 0.25) is 0 Å². The van der Waals surface area contributed by atoms with Gasteiger partial charge in [0.05, 0.1) is 12.6 Å². The third-order valence-corrected chi connectivity index (χ3v) is 2.45. The molecule has 0 aromatic heterocycles. The minimum Gasteiger partial charge on any atom is -0.493 e. The van der Waals surface area contributed by atoms with E-state index in [2.05, 4.69) is 29.4 Å². The zero-order valence-corrected chi connectivity index (χ0v) is 10.7. The molecule has 0 aromatic carbocycles. The summed E-state index contributed by atoms with van der Waals surface area (Å²) in [7, 11) is 1.97. The van der Waals surface area contributed by atoms with Crippen LogP contribution in [-0.2, 0) is 4.74 Å². The van der Waals surface area contributed by atoms with Gasteiger partial charge in [-0.1, -0.05) is 12.2 Å². The van der Waals surface area contributed by atoms with E-state index >= 15 is 0 Å². The fraction of sp³-hybridized carbons (Fsp3) is 0.615. The Morgan fingerprint density at radius 1 is 1.50 bits per heavy atom. The van der Waals surface area contributed by atoms with Crippen molar-refractivity contribution in [1.82, 2.24) is 5.32 Å². The molecule has 1 aliphatic heterocycles. The van der Waals surface area contributed by atoms with Gasteiger partial charge in [-0.05, 0) is 34.2 Å². The summed E-state index contributed by atoms with van der Waals surface area (Å²) in [5, 5.41) is 3.20. The van der Waals surface area contributed by atoms with Gasteiger partial charge < -0.3 is 10.1 Å². The van der Waals surface area contributed by atoms with Crippen molar-refractivity contribution >= 4 is 6.21 Å². The summed E-state index contributed by atoms with van der Waals surface area (Å²) < 4.78 is 5.70. The van der Waals surface area contributed by atoms with Crippen LogP contribution in [0.15, 0.2) is 28.5 Å². The molecule has 0 saturated heterocycles. The van der Waals surface area contributed by atoms with E-state index in [4.69, 9.17) is 4.74 Å². The summed E-state index contributed by atoms with van der Waals surface area (Å²) in [5.41, 5.74) is 1.11. The molecule has 0 bridgehead atoms. The molecule has 0 aromatic rings. The lowest BCUT2D eigenvalue weighted by Gasteiger charge is -2.11. The van der Waals surface area contributed by atoms with Crippen molar-refractivity contribution in [3.63, 3.8) is 0 Å². The highest BCUT2D eigenvalue weighted by atomic mass is 16.5. The first kappa shape index (κ1) is 13.0. The van der Waals surface area contributed by atoms with Crippen LogP contribution in [0.3, 0.4) is 0 Å². The van der Waals surface area contributed by atoms with E-state index in [0.717, 1.165) is 17.8 Å². The van der Waals surface area contributed by atoms with Crippen molar-refractivity contribution in [3.8, 4) is 0 Å². The number of ether oxygens (including phenoxy) is 1. The van der Waals surface area contributed by atoms with E-state index in [-0.39, 0.29) is 6.10 Å². The molecule has 1 N–H and O–H groups in total. The number of nitrogens with one attached hydrogen (secondary N) is 1. The van der Waals surface area contributed by atoms with Crippen LogP contribution in [0.5, 0.6) is 0 Å². The molecule has 0 spiro atoms. The van der Waals surface area contributed by atoms with Crippen LogP contribution in [0.4, 0.5) is 0 Å². The lowest BCUT2D eigenvalue weighted by atomic mass is 10.2. The predicted octanol–water partition coefficient (Wildman–Crippen LogP) is 2.30. The van der Waals surface area contributed by atoms with Crippen molar-refractivity contribution in [1.29, 1.82) is 0 Å². The SMILES string of the molecule is CNC(C)C/C=C/C1=C(OC(C)C)CN=C1. The normalized spacial score (nSPS) is 17.8. The van der Waals surface area contributed by atoms with Crippen molar-refractivity contribution < 1.29 is 4.74 Å². The van der Waals surface area contributed by atoms with Crippen LogP contribution in [0.1, 0.15) is 27.2 Å². The Morgan fingerprint density at radius 2 is 2.25 bits per heavy atom. The Balaban J connectivity index is 2.53. The maximum atomic E-state index is 5.70. The molecule has 3 nitrogen and oxygen atoms in total. The molecule has 3 heteroatoms. The van der Waals surface area contributed by atoms with Gasteiger partial charge in [-0.25, -0.2) is 0 Å². The molecule has 1 heterocycles. The van der Waals surface area contributed by atoms with Gasteiger partial charge >= 0.3 is 0 Å². The van der Waals surface area contributed by atoms with E-state index in [1.165, 1.54) is 0 Å². The Labute approximate surface area is 98.3 Å². The van der Waals surface area contributed by atoms with E-state index < -0.39 is 0 Å². The number of aliphatic imine (C=N–C) groups is 1. The average molecular weight is 222 g/mol. The van der Waals surface area contributed by atoms with Gasteiger partial charge in [-0.2, -0.15) is 0 Å². The molecule has 0 radical (unpaired) electrons. The summed E-state index contributed by atoms with van der Waals surface area (Å²) in [6.45, 7) is 6.91. The number of hydrogen-bond donors (Lipinski definition) is 1. The molecular weight excluding hydrogens is 200 g/mol. The van der Waals surface area contributed by atoms with Gasteiger partial charge in [0.1, 0.15) is 5.76 Å². The Morgan fingerprint density at radius 3 is 2.88 bits per heavy atom.